The number of aliphatic hydroxyl groups is 8. The Morgan fingerprint density at radius 3 is 2.14 bits per heavy atom. The molecule has 3 heterocycles. The summed E-state index contributed by atoms with van der Waals surface area (Å²) in [7, 11) is 0. The molecule has 0 amide bonds. The van der Waals surface area contributed by atoms with Crippen LogP contribution in [0.2, 0.25) is 0 Å². The minimum Gasteiger partial charge on any atom is -0.394 e. The van der Waals surface area contributed by atoms with Crippen LogP contribution in [0, 0.1) is 5.92 Å². The number of aliphatic hydroxyl groups excluding tert-OH is 8. The maximum absolute atomic E-state index is 12.6. The molecule has 19 atom stereocenters. The average Bonchev–Trinajstić information content (AvgIpc) is 3.41. The van der Waals surface area contributed by atoms with Crippen LogP contribution in [0.25, 0.3) is 0 Å². The summed E-state index contributed by atoms with van der Waals surface area (Å²) in [5.41, 5.74) is 30.0. The molecule has 3 fully saturated rings. The molecule has 1 saturated carbocycles. The lowest BCUT2D eigenvalue weighted by Crippen LogP contribution is -2.64. The van der Waals surface area contributed by atoms with Crippen LogP contribution < -0.4 is 34.0 Å². The third-order valence-electron chi connectivity index (χ3n) is 9.63. The maximum Gasteiger partial charge on any atom is 0.187 e. The van der Waals surface area contributed by atoms with E-state index in [0.29, 0.717) is 0 Å². The number of ketones is 1. The van der Waals surface area contributed by atoms with Gasteiger partial charge in [-0.2, -0.15) is 0 Å². The van der Waals surface area contributed by atoms with Crippen molar-refractivity contribution in [1.82, 2.24) is 5.32 Å². The van der Waals surface area contributed by atoms with Gasteiger partial charge < -0.3 is 103 Å². The van der Waals surface area contributed by atoms with Crippen LogP contribution in [-0.2, 0) is 33.2 Å². The number of hydrogen-bond acceptors (Lipinski definition) is 21. The van der Waals surface area contributed by atoms with Crippen LogP contribution in [0.1, 0.15) is 12.8 Å². The fraction of sp³-hybridized carbons (Fsp3) is 0.900. The van der Waals surface area contributed by atoms with E-state index in [1.807, 2.05) is 0 Å². The van der Waals surface area contributed by atoms with E-state index >= 15 is 0 Å². The van der Waals surface area contributed by atoms with Gasteiger partial charge in [-0.05, 0) is 12.3 Å². The fourth-order valence-electron chi connectivity index (χ4n) is 6.61. The van der Waals surface area contributed by atoms with E-state index in [0.717, 1.165) is 0 Å². The van der Waals surface area contributed by atoms with E-state index in [1.165, 1.54) is 0 Å². The van der Waals surface area contributed by atoms with Gasteiger partial charge in [-0.1, -0.05) is 12.2 Å². The van der Waals surface area contributed by atoms with Crippen LogP contribution in [0.5, 0.6) is 0 Å². The van der Waals surface area contributed by atoms with Crippen molar-refractivity contribution in [2.45, 2.75) is 123 Å². The van der Waals surface area contributed by atoms with Crippen molar-refractivity contribution in [1.29, 1.82) is 0 Å². The third kappa shape index (κ3) is 10.2. The topological polar surface area (TPSA) is 376 Å². The van der Waals surface area contributed by atoms with Gasteiger partial charge in [0.1, 0.15) is 54.9 Å². The normalized spacial score (nSPS) is 44.4. The molecule has 19 N–H and O–H groups in total. The first kappa shape index (κ1) is 42.4. The zero-order valence-corrected chi connectivity index (χ0v) is 28.1. The van der Waals surface area contributed by atoms with Crippen molar-refractivity contribution in [2.24, 2.45) is 34.6 Å². The van der Waals surface area contributed by atoms with Crippen LogP contribution in [0.4, 0.5) is 0 Å². The molecule has 51 heavy (non-hydrogen) atoms. The molecular formula is C30H56N6O15. The van der Waals surface area contributed by atoms with E-state index in [9.17, 15) is 40.5 Å². The summed E-state index contributed by atoms with van der Waals surface area (Å²) >= 11 is 0. The Labute approximate surface area is 294 Å². The number of carbonyl (C=O) groups is 1. The van der Waals surface area contributed by atoms with E-state index < -0.39 is 135 Å². The maximum atomic E-state index is 12.6. The molecule has 4 aliphatic rings. The molecule has 0 radical (unpaired) electrons. The second-order valence-electron chi connectivity index (χ2n) is 13.4. The van der Waals surface area contributed by atoms with Gasteiger partial charge in [-0.25, -0.2) is 0 Å². The van der Waals surface area contributed by atoms with Crippen LogP contribution in [-0.4, -0.2) is 196 Å². The smallest absolute Gasteiger partial charge is 0.187 e. The molecule has 0 aromatic rings. The quantitative estimate of drug-likeness (QED) is 0.0615. The SMILES string of the molecule is NCC(O)C(=O)C[C@@H]1C[C@H](N)[C@@H](O[C@H]2O[C@H](CNCC(O)CO)C=C[C@H]2N)[C@H](O[C@@H]2O[C@H](CO)[C@@H](O[C@H]3O[C@@H](CN)[C@@H](O)[C@H](O)[C@H]3N)[C@H]2O)[C@H]1O. The Balaban J connectivity index is 1.53. The van der Waals surface area contributed by atoms with Crippen molar-refractivity contribution in [2.75, 3.05) is 39.4 Å². The number of nitrogens with two attached hydrogens (primary N) is 5. The molecule has 2 unspecified atom stereocenters. The highest BCUT2D eigenvalue weighted by atomic mass is 16.8. The summed E-state index contributed by atoms with van der Waals surface area (Å²) in [5, 5.41) is 85.4. The molecule has 3 aliphatic heterocycles. The number of hydrogen-bond donors (Lipinski definition) is 14. The highest BCUT2D eigenvalue weighted by molar-refractivity contribution is 5.83. The number of nitrogens with one attached hydrogen (secondary N) is 1. The fourth-order valence-corrected chi connectivity index (χ4v) is 6.61. The molecule has 0 aromatic heterocycles. The Kier molecular flexibility index (Phi) is 16.0. The summed E-state index contributed by atoms with van der Waals surface area (Å²) in [5.74, 6) is -1.49. The van der Waals surface area contributed by atoms with Crippen LogP contribution in [0.15, 0.2) is 12.2 Å². The second kappa shape index (κ2) is 19.3. The van der Waals surface area contributed by atoms with Gasteiger partial charge in [0, 0.05) is 38.6 Å². The van der Waals surface area contributed by atoms with Crippen LogP contribution in [0.3, 0.4) is 0 Å². The summed E-state index contributed by atoms with van der Waals surface area (Å²) in [4.78, 5) is 12.6. The summed E-state index contributed by atoms with van der Waals surface area (Å²) in [6.07, 6.45) is -16.4. The monoisotopic (exact) mass is 740 g/mol. The van der Waals surface area contributed by atoms with Gasteiger partial charge in [0.25, 0.3) is 0 Å². The zero-order chi connectivity index (χ0) is 37.6. The first-order chi connectivity index (χ1) is 24.2. The first-order valence-corrected chi connectivity index (χ1v) is 17.1. The molecule has 0 bridgehead atoms. The summed E-state index contributed by atoms with van der Waals surface area (Å²) < 4.78 is 35.7. The minimum absolute atomic E-state index is 0.0308. The van der Waals surface area contributed by atoms with Crippen LogP contribution >= 0.6 is 0 Å². The van der Waals surface area contributed by atoms with Gasteiger partial charge in [-0.3, -0.25) is 4.79 Å². The lowest BCUT2D eigenvalue weighted by molar-refractivity contribution is -0.286. The number of carbonyl (C=O) groups excluding carboxylic acids is 1. The molecule has 1 aliphatic carbocycles. The predicted molar refractivity (Wildman–Crippen MR) is 173 cm³/mol. The highest BCUT2D eigenvalue weighted by Crippen LogP contribution is 2.37. The van der Waals surface area contributed by atoms with E-state index in [2.05, 4.69) is 5.32 Å². The van der Waals surface area contributed by atoms with Crippen molar-refractivity contribution >= 4 is 5.78 Å². The standard InChI is InChI=1S/C30H56N6O15/c31-5-17(41)16(40)4-11-3-15(34)25(49-28-14(33)2-1-13(46-28)8-36-7-12(39)9-37)27(21(11)42)51-30-24(45)26(19(10-38)48-30)50-29-20(35)23(44)22(43)18(6-32)47-29/h1-2,11-15,17-30,36-39,41-45H,3-10,31-35H2/t11-,12?,13-,14+,15-,17?,18-,19+,20+,21-,22+,23+,24+,25+,26+,27+,28+,29+,30-/m0/s1. The molecule has 2 saturated heterocycles. The molecule has 4 rings (SSSR count). The molecular weight excluding hydrogens is 684 g/mol. The van der Waals surface area contributed by atoms with E-state index in [1.54, 1.807) is 12.2 Å². The lowest BCUT2D eigenvalue weighted by Gasteiger charge is -2.46. The second-order valence-corrected chi connectivity index (χ2v) is 13.4. The molecule has 21 heteroatoms. The Hall–Kier alpha value is -1.39. The Morgan fingerprint density at radius 1 is 0.824 bits per heavy atom. The zero-order valence-electron chi connectivity index (χ0n) is 28.1. The lowest BCUT2D eigenvalue weighted by atomic mass is 9.76. The number of ether oxygens (including phenoxy) is 6. The van der Waals surface area contributed by atoms with Gasteiger partial charge in [0.05, 0.1) is 43.6 Å². The van der Waals surface area contributed by atoms with Crippen molar-refractivity contribution in [3.05, 3.63) is 12.2 Å². The third-order valence-corrected chi connectivity index (χ3v) is 9.63. The van der Waals surface area contributed by atoms with Gasteiger partial charge >= 0.3 is 0 Å². The van der Waals surface area contributed by atoms with E-state index in [4.69, 9.17) is 62.2 Å². The molecule has 21 nitrogen and oxygen atoms in total. The molecule has 0 spiro atoms. The number of Topliss-reactive ketones (excluding diaryl/α,β-unsaturated/α-hetero) is 1. The van der Waals surface area contributed by atoms with Gasteiger partial charge in [0.2, 0.25) is 0 Å². The molecule has 0 aromatic carbocycles. The average molecular weight is 741 g/mol. The molecule has 296 valence electrons. The minimum atomic E-state index is -1.66. The predicted octanol–water partition coefficient (Wildman–Crippen LogP) is -8.51. The highest BCUT2D eigenvalue weighted by Gasteiger charge is 2.54. The Bertz CT molecular complexity index is 1120. The van der Waals surface area contributed by atoms with Crippen molar-refractivity contribution in [3.8, 4) is 0 Å². The van der Waals surface area contributed by atoms with Crippen molar-refractivity contribution in [3.63, 3.8) is 0 Å². The van der Waals surface area contributed by atoms with E-state index in [-0.39, 0.29) is 39.0 Å². The van der Waals surface area contributed by atoms with Crippen molar-refractivity contribution < 1.29 is 74.1 Å². The largest absolute Gasteiger partial charge is 0.394 e. The Morgan fingerprint density at radius 2 is 1.49 bits per heavy atom. The summed E-state index contributed by atoms with van der Waals surface area (Å²) in [6.45, 7) is -1.32. The number of rotatable bonds is 17. The van der Waals surface area contributed by atoms with Gasteiger partial charge in [-0.15, -0.1) is 0 Å². The summed E-state index contributed by atoms with van der Waals surface area (Å²) in [6, 6.07) is -3.00. The van der Waals surface area contributed by atoms with Gasteiger partial charge in [0.15, 0.2) is 24.7 Å². The first-order valence-electron chi connectivity index (χ1n) is 17.1.